The number of carbonyl (C=O) groups excluding carboxylic acids is 1. The Bertz CT molecular complexity index is 834. The van der Waals surface area contributed by atoms with E-state index in [0.29, 0.717) is 24.5 Å². The van der Waals surface area contributed by atoms with Crippen LogP contribution in [-0.4, -0.2) is 25.3 Å². The molecule has 2 rings (SSSR count). The van der Waals surface area contributed by atoms with Gasteiger partial charge in [-0.2, -0.15) is 5.10 Å². The average molecular weight is 429 g/mol. The Morgan fingerprint density at radius 1 is 1.11 bits per heavy atom. The minimum Gasteiger partial charge on any atom is -0.489 e. The summed E-state index contributed by atoms with van der Waals surface area (Å²) in [5, 5.41) is 3.98. The van der Waals surface area contributed by atoms with Crippen LogP contribution >= 0.6 is 15.9 Å². The molecular formula is C21H21BrN2O3. The van der Waals surface area contributed by atoms with Gasteiger partial charge in [0, 0.05) is 10.0 Å². The van der Waals surface area contributed by atoms with E-state index >= 15 is 0 Å². The second kappa shape index (κ2) is 11.0. The number of amides is 1. The Kier molecular flexibility index (Phi) is 8.32. The Morgan fingerprint density at radius 3 is 2.70 bits per heavy atom. The summed E-state index contributed by atoms with van der Waals surface area (Å²) in [7, 11) is 0. The highest BCUT2D eigenvalue weighted by Crippen LogP contribution is 2.22. The highest BCUT2D eigenvalue weighted by atomic mass is 79.9. The van der Waals surface area contributed by atoms with Gasteiger partial charge in [0.2, 0.25) is 0 Å². The third-order valence-electron chi connectivity index (χ3n) is 3.42. The first-order valence-electron chi connectivity index (χ1n) is 8.30. The molecule has 0 unspecified atom stereocenters. The van der Waals surface area contributed by atoms with Crippen LogP contribution in [0.1, 0.15) is 11.1 Å². The maximum atomic E-state index is 12.0. The zero-order chi connectivity index (χ0) is 19.5. The molecule has 2 aromatic carbocycles. The summed E-state index contributed by atoms with van der Waals surface area (Å²) in [6, 6.07) is 13.1. The summed E-state index contributed by atoms with van der Waals surface area (Å²) in [5.74, 6) is 0.942. The van der Waals surface area contributed by atoms with Gasteiger partial charge in [0.15, 0.2) is 6.61 Å². The molecule has 27 heavy (non-hydrogen) atoms. The van der Waals surface area contributed by atoms with Crippen LogP contribution in [-0.2, 0) is 11.2 Å². The number of allylic oxidation sites excluding steroid dienone is 1. The molecule has 0 bridgehead atoms. The lowest BCUT2D eigenvalue weighted by Gasteiger charge is -2.09. The van der Waals surface area contributed by atoms with Crippen LogP contribution in [0, 0.1) is 0 Å². The van der Waals surface area contributed by atoms with Gasteiger partial charge in [0.25, 0.3) is 5.91 Å². The normalized spacial score (nSPS) is 10.4. The smallest absolute Gasteiger partial charge is 0.277 e. The van der Waals surface area contributed by atoms with Crippen molar-refractivity contribution < 1.29 is 14.3 Å². The van der Waals surface area contributed by atoms with Crippen molar-refractivity contribution in [3.05, 3.63) is 83.4 Å². The summed E-state index contributed by atoms with van der Waals surface area (Å²) >= 11 is 3.40. The molecule has 0 saturated carbocycles. The van der Waals surface area contributed by atoms with Crippen molar-refractivity contribution in [2.24, 2.45) is 5.10 Å². The van der Waals surface area contributed by atoms with E-state index in [1.54, 1.807) is 12.2 Å². The molecule has 0 aliphatic rings. The van der Waals surface area contributed by atoms with Crippen LogP contribution in [0.25, 0.3) is 0 Å². The molecule has 0 fully saturated rings. The van der Waals surface area contributed by atoms with Crippen molar-refractivity contribution >= 4 is 28.1 Å². The van der Waals surface area contributed by atoms with Crippen LogP contribution < -0.4 is 14.9 Å². The van der Waals surface area contributed by atoms with Crippen molar-refractivity contribution in [3.8, 4) is 11.5 Å². The SMILES string of the molecule is C=CCOc1ccc(Br)cc1C=NNC(=O)COc1ccccc1CC=C. The molecule has 0 aliphatic heterocycles. The molecule has 1 N–H and O–H groups in total. The second-order valence-electron chi connectivity index (χ2n) is 5.46. The zero-order valence-corrected chi connectivity index (χ0v) is 16.4. The first kappa shape index (κ1) is 20.5. The van der Waals surface area contributed by atoms with Crippen molar-refractivity contribution in [1.82, 2.24) is 5.43 Å². The molecule has 0 aliphatic carbocycles. The minimum atomic E-state index is -0.358. The fraction of sp³-hybridized carbons (Fsp3) is 0.143. The molecule has 0 atom stereocenters. The topological polar surface area (TPSA) is 59.9 Å². The van der Waals surface area contributed by atoms with E-state index < -0.39 is 0 Å². The number of halogens is 1. The van der Waals surface area contributed by atoms with Gasteiger partial charge in [-0.1, -0.05) is 52.9 Å². The Balaban J connectivity index is 1.93. The van der Waals surface area contributed by atoms with Crippen LogP contribution in [0.2, 0.25) is 0 Å². The summed E-state index contributed by atoms with van der Waals surface area (Å²) in [6.45, 7) is 7.59. The lowest BCUT2D eigenvalue weighted by atomic mass is 10.1. The largest absolute Gasteiger partial charge is 0.489 e. The number of nitrogens with one attached hydrogen (secondary N) is 1. The van der Waals surface area contributed by atoms with Gasteiger partial charge in [-0.05, 0) is 36.2 Å². The van der Waals surface area contributed by atoms with Gasteiger partial charge in [-0.15, -0.1) is 6.58 Å². The van der Waals surface area contributed by atoms with Crippen molar-refractivity contribution in [3.63, 3.8) is 0 Å². The number of ether oxygens (including phenoxy) is 2. The first-order valence-corrected chi connectivity index (χ1v) is 9.10. The van der Waals surface area contributed by atoms with Crippen LogP contribution in [0.5, 0.6) is 11.5 Å². The summed E-state index contributed by atoms with van der Waals surface area (Å²) in [6.07, 6.45) is 5.64. The molecule has 0 saturated heterocycles. The molecule has 6 heteroatoms. The first-order chi connectivity index (χ1) is 13.1. The van der Waals surface area contributed by atoms with E-state index in [1.807, 2.05) is 42.5 Å². The van der Waals surface area contributed by atoms with Crippen LogP contribution in [0.3, 0.4) is 0 Å². The Hall–Kier alpha value is -2.86. The predicted octanol–water partition coefficient (Wildman–Crippen LogP) is 4.27. The maximum Gasteiger partial charge on any atom is 0.277 e. The Morgan fingerprint density at radius 2 is 1.93 bits per heavy atom. The zero-order valence-electron chi connectivity index (χ0n) is 14.9. The van der Waals surface area contributed by atoms with Gasteiger partial charge in [0.05, 0.1) is 6.21 Å². The molecule has 0 heterocycles. The number of para-hydroxylation sites is 1. The third kappa shape index (κ3) is 6.75. The lowest BCUT2D eigenvalue weighted by Crippen LogP contribution is -2.24. The standard InChI is InChI=1S/C21H21BrN2O3/c1-3-7-16-8-5-6-9-19(16)27-15-21(25)24-23-14-17-13-18(22)10-11-20(17)26-12-4-2/h3-6,8-11,13-14H,1-2,7,12,15H2,(H,24,25). The molecule has 0 spiro atoms. The molecule has 0 radical (unpaired) electrons. The van der Waals surface area contributed by atoms with E-state index in [-0.39, 0.29) is 12.5 Å². The number of benzene rings is 2. The average Bonchev–Trinajstić information content (AvgIpc) is 2.67. The monoisotopic (exact) mass is 428 g/mol. The van der Waals surface area contributed by atoms with E-state index in [4.69, 9.17) is 9.47 Å². The molecule has 140 valence electrons. The quantitative estimate of drug-likeness (QED) is 0.349. The van der Waals surface area contributed by atoms with E-state index in [0.717, 1.165) is 15.6 Å². The predicted molar refractivity (Wildman–Crippen MR) is 111 cm³/mol. The van der Waals surface area contributed by atoms with Crippen LogP contribution in [0.15, 0.2) is 77.3 Å². The number of rotatable bonds is 10. The van der Waals surface area contributed by atoms with Crippen molar-refractivity contribution in [2.75, 3.05) is 13.2 Å². The number of hydrazone groups is 1. The fourth-order valence-electron chi connectivity index (χ4n) is 2.22. The molecule has 1 amide bonds. The number of carbonyl (C=O) groups is 1. The van der Waals surface area contributed by atoms with Gasteiger partial charge in [0.1, 0.15) is 18.1 Å². The summed E-state index contributed by atoms with van der Waals surface area (Å²) in [4.78, 5) is 12.0. The van der Waals surface area contributed by atoms with Crippen LogP contribution in [0.4, 0.5) is 0 Å². The highest BCUT2D eigenvalue weighted by Gasteiger charge is 2.06. The van der Waals surface area contributed by atoms with Crippen molar-refractivity contribution in [1.29, 1.82) is 0 Å². The number of hydrogen-bond acceptors (Lipinski definition) is 4. The van der Waals surface area contributed by atoms with Gasteiger partial charge in [-0.3, -0.25) is 4.79 Å². The maximum absolute atomic E-state index is 12.0. The van der Waals surface area contributed by atoms with Crippen molar-refractivity contribution in [2.45, 2.75) is 6.42 Å². The number of nitrogens with zero attached hydrogens (tertiary/aromatic N) is 1. The lowest BCUT2D eigenvalue weighted by molar-refractivity contribution is -0.123. The molecule has 5 nitrogen and oxygen atoms in total. The Labute approximate surface area is 167 Å². The molecule has 0 aromatic heterocycles. The van der Waals surface area contributed by atoms with Gasteiger partial charge < -0.3 is 9.47 Å². The van der Waals surface area contributed by atoms with Gasteiger partial charge in [-0.25, -0.2) is 5.43 Å². The van der Waals surface area contributed by atoms with E-state index in [2.05, 4.69) is 39.6 Å². The highest BCUT2D eigenvalue weighted by molar-refractivity contribution is 9.10. The summed E-state index contributed by atoms with van der Waals surface area (Å²) in [5.41, 5.74) is 4.15. The minimum absolute atomic E-state index is 0.135. The van der Waals surface area contributed by atoms with E-state index in [9.17, 15) is 4.79 Å². The second-order valence-corrected chi connectivity index (χ2v) is 6.38. The molecular weight excluding hydrogens is 408 g/mol. The number of hydrogen-bond donors (Lipinski definition) is 1. The van der Waals surface area contributed by atoms with Gasteiger partial charge >= 0.3 is 0 Å². The molecule has 2 aromatic rings. The summed E-state index contributed by atoms with van der Waals surface area (Å²) < 4.78 is 12.0. The fourth-order valence-corrected chi connectivity index (χ4v) is 2.60. The third-order valence-corrected chi connectivity index (χ3v) is 3.91. The van der Waals surface area contributed by atoms with E-state index in [1.165, 1.54) is 6.21 Å².